The molecule has 0 radical (unpaired) electrons. The molecule has 1 nitrogen and oxygen atoms in total. The SMILES string of the molecule is CC(CC=O)CC1CC1. The molecule has 1 aliphatic rings. The smallest absolute Gasteiger partial charge is 0.120 e. The zero-order chi connectivity index (χ0) is 6.69. The first kappa shape index (κ1) is 6.79. The van der Waals surface area contributed by atoms with Crippen LogP contribution in [0.3, 0.4) is 0 Å². The van der Waals surface area contributed by atoms with E-state index in [1.165, 1.54) is 19.3 Å². The lowest BCUT2D eigenvalue weighted by atomic mass is 10.0. The first-order chi connectivity index (χ1) is 4.33. The van der Waals surface area contributed by atoms with Gasteiger partial charge in [0.05, 0.1) is 0 Å². The summed E-state index contributed by atoms with van der Waals surface area (Å²) in [5.74, 6) is 1.61. The Morgan fingerprint density at radius 2 is 2.33 bits per heavy atom. The highest BCUT2D eigenvalue weighted by Crippen LogP contribution is 2.35. The fraction of sp³-hybridized carbons (Fsp3) is 0.875. The summed E-state index contributed by atoms with van der Waals surface area (Å²) in [5.41, 5.74) is 0. The Kier molecular flexibility index (Phi) is 2.26. The molecule has 0 aromatic carbocycles. The van der Waals surface area contributed by atoms with Gasteiger partial charge in [-0.1, -0.05) is 19.8 Å². The van der Waals surface area contributed by atoms with Crippen LogP contribution in [0.4, 0.5) is 0 Å². The molecule has 9 heavy (non-hydrogen) atoms. The van der Waals surface area contributed by atoms with E-state index in [1.807, 2.05) is 0 Å². The lowest BCUT2D eigenvalue weighted by Gasteiger charge is -2.03. The van der Waals surface area contributed by atoms with Crippen LogP contribution in [0, 0.1) is 11.8 Å². The van der Waals surface area contributed by atoms with Crippen LogP contribution in [0.25, 0.3) is 0 Å². The molecule has 1 rings (SSSR count). The van der Waals surface area contributed by atoms with Crippen molar-refractivity contribution < 1.29 is 4.79 Å². The van der Waals surface area contributed by atoms with Gasteiger partial charge >= 0.3 is 0 Å². The molecule has 0 heterocycles. The fourth-order valence-electron chi connectivity index (χ4n) is 1.18. The van der Waals surface area contributed by atoms with Crippen molar-refractivity contribution in [1.82, 2.24) is 0 Å². The molecule has 52 valence electrons. The van der Waals surface area contributed by atoms with Gasteiger partial charge in [0.1, 0.15) is 6.29 Å². The van der Waals surface area contributed by atoms with Crippen LogP contribution in [0.5, 0.6) is 0 Å². The predicted molar refractivity (Wildman–Crippen MR) is 37.2 cm³/mol. The Bertz CT molecular complexity index is 94.7. The zero-order valence-electron chi connectivity index (χ0n) is 5.97. The van der Waals surface area contributed by atoms with Crippen LogP contribution < -0.4 is 0 Å². The molecule has 0 aromatic rings. The molecule has 0 aromatic heterocycles. The maximum atomic E-state index is 10.0. The van der Waals surface area contributed by atoms with E-state index in [0.29, 0.717) is 5.92 Å². The van der Waals surface area contributed by atoms with Gasteiger partial charge in [-0.05, 0) is 18.3 Å². The minimum absolute atomic E-state index is 0.634. The summed E-state index contributed by atoms with van der Waals surface area (Å²) in [6.45, 7) is 2.16. The summed E-state index contributed by atoms with van der Waals surface area (Å²) in [5, 5.41) is 0. The molecule has 0 aliphatic heterocycles. The van der Waals surface area contributed by atoms with Crippen molar-refractivity contribution in [3.63, 3.8) is 0 Å². The van der Waals surface area contributed by atoms with Crippen molar-refractivity contribution >= 4 is 6.29 Å². The molecule has 1 saturated carbocycles. The summed E-state index contributed by atoms with van der Waals surface area (Å²) >= 11 is 0. The van der Waals surface area contributed by atoms with E-state index in [4.69, 9.17) is 0 Å². The van der Waals surface area contributed by atoms with E-state index in [0.717, 1.165) is 18.6 Å². The van der Waals surface area contributed by atoms with E-state index in [2.05, 4.69) is 6.92 Å². The summed E-state index contributed by atoms with van der Waals surface area (Å²) in [6.07, 6.45) is 5.88. The van der Waals surface area contributed by atoms with Crippen molar-refractivity contribution in [2.45, 2.75) is 32.6 Å². The van der Waals surface area contributed by atoms with Crippen LogP contribution in [-0.2, 0) is 4.79 Å². The van der Waals surface area contributed by atoms with Gasteiger partial charge in [-0.3, -0.25) is 0 Å². The fourth-order valence-corrected chi connectivity index (χ4v) is 1.18. The van der Waals surface area contributed by atoms with Crippen molar-refractivity contribution in [2.75, 3.05) is 0 Å². The van der Waals surface area contributed by atoms with Crippen LogP contribution in [0.2, 0.25) is 0 Å². The summed E-state index contributed by atoms with van der Waals surface area (Å²) in [4.78, 5) is 10.0. The van der Waals surface area contributed by atoms with Crippen molar-refractivity contribution in [1.29, 1.82) is 0 Å². The van der Waals surface area contributed by atoms with Crippen LogP contribution in [-0.4, -0.2) is 6.29 Å². The average molecular weight is 126 g/mol. The highest BCUT2D eigenvalue weighted by Gasteiger charge is 2.22. The third-order valence-electron chi connectivity index (χ3n) is 1.93. The molecular formula is C8H14O. The minimum atomic E-state index is 0.634. The molecule has 0 saturated heterocycles. The molecule has 1 unspecified atom stereocenters. The minimum Gasteiger partial charge on any atom is -0.303 e. The van der Waals surface area contributed by atoms with Gasteiger partial charge in [0.2, 0.25) is 0 Å². The standard InChI is InChI=1S/C8H14O/c1-7(4-5-9)6-8-2-3-8/h5,7-8H,2-4,6H2,1H3. The van der Waals surface area contributed by atoms with Gasteiger partial charge in [-0.2, -0.15) is 0 Å². The summed E-state index contributed by atoms with van der Waals surface area (Å²) < 4.78 is 0. The van der Waals surface area contributed by atoms with E-state index in [9.17, 15) is 4.79 Å². The monoisotopic (exact) mass is 126 g/mol. The van der Waals surface area contributed by atoms with E-state index >= 15 is 0 Å². The Morgan fingerprint density at radius 1 is 1.67 bits per heavy atom. The van der Waals surface area contributed by atoms with E-state index in [-0.39, 0.29) is 0 Å². The molecule has 1 aliphatic carbocycles. The second kappa shape index (κ2) is 3.00. The third-order valence-corrected chi connectivity index (χ3v) is 1.93. The van der Waals surface area contributed by atoms with Gasteiger partial charge in [0, 0.05) is 6.42 Å². The molecule has 0 N–H and O–H groups in total. The molecule has 1 fully saturated rings. The third kappa shape index (κ3) is 2.64. The normalized spacial score (nSPS) is 21.4. The maximum Gasteiger partial charge on any atom is 0.120 e. The molecule has 1 atom stereocenters. The molecule has 0 bridgehead atoms. The topological polar surface area (TPSA) is 17.1 Å². The number of hydrogen-bond donors (Lipinski definition) is 0. The summed E-state index contributed by atoms with van der Waals surface area (Å²) in [6, 6.07) is 0. The van der Waals surface area contributed by atoms with Gasteiger partial charge < -0.3 is 4.79 Å². The van der Waals surface area contributed by atoms with Crippen LogP contribution in [0.15, 0.2) is 0 Å². The van der Waals surface area contributed by atoms with Crippen molar-refractivity contribution in [2.24, 2.45) is 11.8 Å². The number of carbonyl (C=O) groups excluding carboxylic acids is 1. The average Bonchev–Trinajstić information content (AvgIpc) is 2.50. The Labute approximate surface area is 56.4 Å². The van der Waals surface area contributed by atoms with Gasteiger partial charge in [-0.15, -0.1) is 0 Å². The number of rotatable bonds is 4. The van der Waals surface area contributed by atoms with Gasteiger partial charge in [0.15, 0.2) is 0 Å². The molecule has 1 heteroatoms. The Morgan fingerprint density at radius 3 is 2.78 bits per heavy atom. The van der Waals surface area contributed by atoms with Crippen LogP contribution >= 0.6 is 0 Å². The summed E-state index contributed by atoms with van der Waals surface area (Å²) in [7, 11) is 0. The maximum absolute atomic E-state index is 10.0. The van der Waals surface area contributed by atoms with E-state index in [1.54, 1.807) is 0 Å². The second-order valence-corrected chi connectivity index (χ2v) is 3.19. The first-order valence-corrected chi connectivity index (χ1v) is 3.76. The van der Waals surface area contributed by atoms with Crippen molar-refractivity contribution in [3.05, 3.63) is 0 Å². The molecule has 0 spiro atoms. The Balaban J connectivity index is 2.01. The first-order valence-electron chi connectivity index (χ1n) is 3.76. The lowest BCUT2D eigenvalue weighted by molar-refractivity contribution is -0.108. The van der Waals surface area contributed by atoms with Crippen LogP contribution in [0.1, 0.15) is 32.6 Å². The lowest BCUT2D eigenvalue weighted by Crippen LogP contribution is -1.95. The van der Waals surface area contributed by atoms with E-state index < -0.39 is 0 Å². The number of aldehydes is 1. The quantitative estimate of drug-likeness (QED) is 0.526. The predicted octanol–water partition coefficient (Wildman–Crippen LogP) is 2.01. The zero-order valence-corrected chi connectivity index (χ0v) is 5.97. The molecular weight excluding hydrogens is 112 g/mol. The largest absolute Gasteiger partial charge is 0.303 e. The number of carbonyl (C=O) groups is 1. The Hall–Kier alpha value is -0.330. The molecule has 0 amide bonds. The second-order valence-electron chi connectivity index (χ2n) is 3.19. The van der Waals surface area contributed by atoms with Crippen molar-refractivity contribution in [3.8, 4) is 0 Å². The van der Waals surface area contributed by atoms with Gasteiger partial charge in [0.25, 0.3) is 0 Å². The highest BCUT2D eigenvalue weighted by atomic mass is 16.1. The highest BCUT2D eigenvalue weighted by molar-refractivity contribution is 5.49. The van der Waals surface area contributed by atoms with Gasteiger partial charge in [-0.25, -0.2) is 0 Å². The number of hydrogen-bond acceptors (Lipinski definition) is 1.